The maximum atomic E-state index is 13.1. The van der Waals surface area contributed by atoms with E-state index in [-0.39, 0.29) is 5.92 Å². The quantitative estimate of drug-likeness (QED) is 0.829. The molecule has 0 aromatic heterocycles. The van der Waals surface area contributed by atoms with E-state index >= 15 is 0 Å². The fourth-order valence-electron chi connectivity index (χ4n) is 6.27. The number of fused-ring (bicyclic) bond motifs is 1. The Labute approximate surface area is 181 Å². The molecule has 5 rings (SSSR count). The summed E-state index contributed by atoms with van der Waals surface area (Å²) < 4.78 is 0. The molecule has 3 saturated heterocycles. The highest BCUT2D eigenvalue weighted by molar-refractivity contribution is 5.79. The minimum Gasteiger partial charge on any atom is -0.341 e. The van der Waals surface area contributed by atoms with E-state index in [1.165, 1.54) is 51.7 Å². The first-order valence-electron chi connectivity index (χ1n) is 12.3. The molecule has 1 amide bonds. The van der Waals surface area contributed by atoms with Crippen molar-refractivity contribution in [2.45, 2.75) is 57.0 Å². The van der Waals surface area contributed by atoms with Gasteiger partial charge < -0.3 is 10.2 Å². The minimum absolute atomic E-state index is 0.221. The van der Waals surface area contributed by atoms with Crippen LogP contribution in [0.2, 0.25) is 0 Å². The first-order chi connectivity index (χ1) is 14.8. The van der Waals surface area contributed by atoms with E-state index in [1.54, 1.807) is 11.1 Å². The van der Waals surface area contributed by atoms with Crippen molar-refractivity contribution in [3.8, 4) is 0 Å². The van der Waals surface area contributed by atoms with Gasteiger partial charge in [0.1, 0.15) is 0 Å². The van der Waals surface area contributed by atoms with Gasteiger partial charge in [-0.25, -0.2) is 0 Å². The Balaban J connectivity index is 1.12. The lowest BCUT2D eigenvalue weighted by atomic mass is 9.92. The zero-order chi connectivity index (χ0) is 20.3. The summed E-state index contributed by atoms with van der Waals surface area (Å²) in [6.45, 7) is 8.43. The third-order valence-electron chi connectivity index (χ3n) is 8.02. The van der Waals surface area contributed by atoms with Crippen LogP contribution < -0.4 is 5.32 Å². The van der Waals surface area contributed by atoms with Gasteiger partial charge in [0.25, 0.3) is 0 Å². The van der Waals surface area contributed by atoms with Crippen molar-refractivity contribution in [2.24, 2.45) is 5.92 Å². The Hall–Kier alpha value is -1.43. The van der Waals surface area contributed by atoms with Crippen molar-refractivity contribution in [1.82, 2.24) is 20.0 Å². The summed E-state index contributed by atoms with van der Waals surface area (Å²) in [7, 11) is 0. The molecule has 1 atom stereocenters. The third kappa shape index (κ3) is 4.44. The lowest BCUT2D eigenvalue weighted by Gasteiger charge is -2.44. The summed E-state index contributed by atoms with van der Waals surface area (Å²) in [6, 6.07) is 10.4. The first-order valence-corrected chi connectivity index (χ1v) is 12.3. The van der Waals surface area contributed by atoms with Crippen LogP contribution >= 0.6 is 0 Å². The molecule has 5 heteroatoms. The number of hydrogen-bond acceptors (Lipinski definition) is 4. The van der Waals surface area contributed by atoms with Crippen LogP contribution in [0.5, 0.6) is 0 Å². The Bertz CT molecular complexity index is 697. The fourth-order valence-corrected chi connectivity index (χ4v) is 6.27. The monoisotopic (exact) mass is 410 g/mol. The SMILES string of the molecule is O=C(C1CCCN(C2CCN(C3Cc4ccccc4C3)CC2)C1)N1CCCNCC1. The van der Waals surface area contributed by atoms with Crippen LogP contribution in [-0.2, 0) is 17.6 Å². The van der Waals surface area contributed by atoms with E-state index in [4.69, 9.17) is 0 Å². The summed E-state index contributed by atoms with van der Waals surface area (Å²) in [4.78, 5) is 20.7. The Morgan fingerprint density at radius 1 is 0.800 bits per heavy atom. The van der Waals surface area contributed by atoms with E-state index in [0.29, 0.717) is 18.0 Å². The van der Waals surface area contributed by atoms with E-state index in [9.17, 15) is 4.79 Å². The van der Waals surface area contributed by atoms with Gasteiger partial charge >= 0.3 is 0 Å². The second kappa shape index (κ2) is 9.37. The summed E-state index contributed by atoms with van der Waals surface area (Å²) in [5.41, 5.74) is 3.12. The van der Waals surface area contributed by atoms with Gasteiger partial charge in [0.2, 0.25) is 5.91 Å². The summed E-state index contributed by atoms with van der Waals surface area (Å²) in [5.74, 6) is 0.642. The first kappa shape index (κ1) is 20.5. The number of nitrogens with zero attached hydrogens (tertiary/aromatic N) is 3. The molecule has 0 radical (unpaired) electrons. The molecule has 5 nitrogen and oxygen atoms in total. The molecule has 1 unspecified atom stereocenters. The Morgan fingerprint density at radius 3 is 2.33 bits per heavy atom. The van der Waals surface area contributed by atoms with Crippen LogP contribution in [0.15, 0.2) is 24.3 Å². The second-order valence-electron chi connectivity index (χ2n) is 9.86. The van der Waals surface area contributed by atoms with E-state index in [2.05, 4.69) is 44.3 Å². The predicted octanol–water partition coefficient (Wildman–Crippen LogP) is 2.15. The standard InChI is InChI=1S/C25H38N4O/c30-25(28-13-4-10-26-11-16-28)22-7-3-12-29(19-22)23-8-14-27(15-9-23)24-17-20-5-1-2-6-21(20)18-24/h1-2,5-6,22-24,26H,3-4,7-19H2. The van der Waals surface area contributed by atoms with Gasteiger partial charge in [0.15, 0.2) is 0 Å². The maximum absolute atomic E-state index is 13.1. The highest BCUT2D eigenvalue weighted by atomic mass is 16.2. The molecule has 0 saturated carbocycles. The molecule has 1 N–H and O–H groups in total. The third-order valence-corrected chi connectivity index (χ3v) is 8.02. The molecule has 0 spiro atoms. The molecule has 4 aliphatic rings. The van der Waals surface area contributed by atoms with Crippen molar-refractivity contribution in [3.63, 3.8) is 0 Å². The smallest absolute Gasteiger partial charge is 0.227 e. The number of amides is 1. The number of piperidine rings is 2. The lowest BCUT2D eigenvalue weighted by molar-refractivity contribution is -0.137. The summed E-state index contributed by atoms with van der Waals surface area (Å²) in [5, 5.41) is 3.42. The van der Waals surface area contributed by atoms with Crippen molar-refractivity contribution in [2.75, 3.05) is 52.4 Å². The number of rotatable bonds is 3. The molecule has 1 aromatic carbocycles. The van der Waals surface area contributed by atoms with E-state index in [1.807, 2.05) is 0 Å². The van der Waals surface area contributed by atoms with Gasteiger partial charge in [0, 0.05) is 38.3 Å². The van der Waals surface area contributed by atoms with Gasteiger partial charge in [-0.15, -0.1) is 0 Å². The number of carbonyl (C=O) groups is 1. The summed E-state index contributed by atoms with van der Waals surface area (Å²) in [6.07, 6.45) is 8.34. The maximum Gasteiger partial charge on any atom is 0.227 e. The zero-order valence-electron chi connectivity index (χ0n) is 18.4. The number of nitrogens with one attached hydrogen (secondary N) is 1. The van der Waals surface area contributed by atoms with Crippen LogP contribution in [0.3, 0.4) is 0 Å². The molecule has 1 aromatic rings. The van der Waals surface area contributed by atoms with Crippen LogP contribution in [0.1, 0.15) is 43.2 Å². The van der Waals surface area contributed by atoms with E-state index in [0.717, 1.165) is 45.6 Å². The zero-order valence-corrected chi connectivity index (χ0v) is 18.4. The molecule has 3 fully saturated rings. The largest absolute Gasteiger partial charge is 0.341 e. The lowest BCUT2D eigenvalue weighted by Crippen LogP contribution is -2.52. The van der Waals surface area contributed by atoms with Gasteiger partial charge in [-0.05, 0) is 82.3 Å². The van der Waals surface area contributed by atoms with Crippen LogP contribution in [0, 0.1) is 5.92 Å². The number of benzene rings is 1. The number of likely N-dealkylation sites (tertiary alicyclic amines) is 2. The van der Waals surface area contributed by atoms with Gasteiger partial charge in [-0.3, -0.25) is 14.6 Å². The summed E-state index contributed by atoms with van der Waals surface area (Å²) >= 11 is 0. The van der Waals surface area contributed by atoms with Gasteiger partial charge in [-0.1, -0.05) is 24.3 Å². The Kier molecular flexibility index (Phi) is 6.40. The average Bonchev–Trinajstić information content (AvgIpc) is 3.05. The normalized spacial score (nSPS) is 27.7. The fraction of sp³-hybridized carbons (Fsp3) is 0.720. The highest BCUT2D eigenvalue weighted by Crippen LogP contribution is 2.30. The molecule has 3 aliphatic heterocycles. The van der Waals surface area contributed by atoms with Crippen LogP contribution in [0.4, 0.5) is 0 Å². The van der Waals surface area contributed by atoms with Crippen molar-refractivity contribution < 1.29 is 4.79 Å². The molecule has 164 valence electrons. The number of hydrogen-bond donors (Lipinski definition) is 1. The van der Waals surface area contributed by atoms with Crippen molar-refractivity contribution in [1.29, 1.82) is 0 Å². The Morgan fingerprint density at radius 2 is 1.57 bits per heavy atom. The van der Waals surface area contributed by atoms with E-state index < -0.39 is 0 Å². The molecule has 30 heavy (non-hydrogen) atoms. The predicted molar refractivity (Wildman–Crippen MR) is 121 cm³/mol. The van der Waals surface area contributed by atoms with Crippen LogP contribution in [-0.4, -0.2) is 85.0 Å². The highest BCUT2D eigenvalue weighted by Gasteiger charge is 2.35. The molecular weight excluding hydrogens is 372 g/mol. The van der Waals surface area contributed by atoms with Crippen molar-refractivity contribution in [3.05, 3.63) is 35.4 Å². The minimum atomic E-state index is 0.221. The molecule has 1 aliphatic carbocycles. The van der Waals surface area contributed by atoms with Gasteiger partial charge in [-0.2, -0.15) is 0 Å². The average molecular weight is 411 g/mol. The topological polar surface area (TPSA) is 38.8 Å². The number of carbonyl (C=O) groups excluding carboxylic acids is 1. The molecule has 0 bridgehead atoms. The molecular formula is C25H38N4O. The van der Waals surface area contributed by atoms with Crippen molar-refractivity contribution >= 4 is 5.91 Å². The van der Waals surface area contributed by atoms with Crippen LogP contribution in [0.25, 0.3) is 0 Å². The molecule has 3 heterocycles. The second-order valence-corrected chi connectivity index (χ2v) is 9.86. The van der Waals surface area contributed by atoms with Gasteiger partial charge in [0.05, 0.1) is 5.92 Å².